The molecule has 1 saturated heterocycles. The SMILES string of the molecule is CNC(=O)[C@@H](NC(=O)[C@H](C)NC(=O)[C@H](Cc1c[nH]c2ccccc12)NC(=O)[C@H](CCC(N)=O)NC(=O)c1ccc(NC(=O)CNC(=O)CCC2(N(CC(=O)OO)CC(=O)OO)CN(CC(=O)OO)[C@@H]3CCCC[C@H]3N(CC(=O)OO)C2)cc1)C(C)C. The van der Waals surface area contributed by atoms with Crippen molar-refractivity contribution in [1.82, 2.24) is 51.6 Å². The number of aromatic amines is 1. The third-order valence-electron chi connectivity index (χ3n) is 15.0. The van der Waals surface area contributed by atoms with Crippen molar-refractivity contribution in [3.05, 3.63) is 65.9 Å². The number of rotatable bonds is 30. The number of benzene rings is 2. The summed E-state index contributed by atoms with van der Waals surface area (Å²) in [4.78, 5) is 180. The first kappa shape index (κ1) is 68.1. The summed E-state index contributed by atoms with van der Waals surface area (Å²) in [6, 6.07) is 6.37. The van der Waals surface area contributed by atoms with Gasteiger partial charge in [0.15, 0.2) is 0 Å². The van der Waals surface area contributed by atoms with E-state index >= 15 is 0 Å². The Morgan fingerprint density at radius 1 is 0.686 bits per heavy atom. The standard InChI is InChI=1S/C54H74N12O20/c1-30(2)48(53(78)56-4)63-49(74)31(3)59-52(77)38(21-33-22-57-36-10-6-5-9-35(33)36)62-51(76)37(17-18-41(55)67)61-50(75)32-13-15-34(16-14-32)60-43(69)23-58-42(68)19-20-54(66(26-46(72)85-81)27-47(73)86-82)28-64(24-44(70)83-79)39-11-7-8-12-40(39)65(29-54)25-45(71)84-80/h5-6,9-10,13-16,22,30-31,37-40,48,57,79-82H,7-8,11-12,17-21,23-29H2,1-4H3,(H2,55,67)(H,56,78)(H,58,68)(H,59,77)(H,60,69)(H,61,75)(H,62,76)(H,63,74)/t31-,37-,38-,39+,40+,48-/m0/s1. The van der Waals surface area contributed by atoms with Crippen LogP contribution in [-0.2, 0) is 78.7 Å². The molecule has 0 unspecified atom stereocenters. The summed E-state index contributed by atoms with van der Waals surface area (Å²) in [5.74, 6) is -11.1. The van der Waals surface area contributed by atoms with Gasteiger partial charge in [-0.25, -0.2) is 19.2 Å². The van der Waals surface area contributed by atoms with Crippen molar-refractivity contribution in [3.63, 3.8) is 0 Å². The van der Waals surface area contributed by atoms with Gasteiger partial charge < -0.3 is 47.9 Å². The van der Waals surface area contributed by atoms with E-state index in [2.05, 4.69) is 61.8 Å². The highest BCUT2D eigenvalue weighted by molar-refractivity contribution is 6.00. The third kappa shape index (κ3) is 19.4. The first-order valence-corrected chi connectivity index (χ1v) is 27.5. The molecule has 2 fully saturated rings. The molecule has 0 radical (unpaired) electrons. The number of nitrogens with one attached hydrogen (secondary N) is 8. The first-order valence-electron chi connectivity index (χ1n) is 27.5. The minimum atomic E-state index is -1.70. The molecule has 3 aromatic rings. The van der Waals surface area contributed by atoms with Gasteiger partial charge in [0.05, 0.1) is 6.54 Å². The van der Waals surface area contributed by atoms with Crippen LogP contribution in [0, 0.1) is 5.92 Å². The van der Waals surface area contributed by atoms with E-state index in [-0.39, 0.29) is 55.9 Å². The van der Waals surface area contributed by atoms with Crippen molar-refractivity contribution in [1.29, 1.82) is 0 Å². The van der Waals surface area contributed by atoms with E-state index in [1.54, 1.807) is 54.1 Å². The molecule has 1 saturated carbocycles. The number of primary amides is 1. The van der Waals surface area contributed by atoms with Crippen LogP contribution in [-0.4, -0.2) is 206 Å². The van der Waals surface area contributed by atoms with Gasteiger partial charge >= 0.3 is 23.9 Å². The molecular weight excluding hydrogens is 1140 g/mol. The van der Waals surface area contributed by atoms with E-state index in [0.29, 0.717) is 31.2 Å². The summed E-state index contributed by atoms with van der Waals surface area (Å²) in [6.45, 7) is 0.674. The molecule has 86 heavy (non-hydrogen) atoms. The van der Waals surface area contributed by atoms with Gasteiger partial charge in [0.25, 0.3) is 5.91 Å². The number of hydrogen-bond donors (Lipinski definition) is 13. The highest BCUT2D eigenvalue weighted by atomic mass is 17.1. The number of nitrogens with two attached hydrogens (primary N) is 1. The Bertz CT molecular complexity index is 2870. The Hall–Kier alpha value is -8.66. The molecule has 32 heteroatoms. The highest BCUT2D eigenvalue weighted by Gasteiger charge is 2.50. The van der Waals surface area contributed by atoms with E-state index < -0.39 is 152 Å². The van der Waals surface area contributed by atoms with Crippen LogP contribution in [0.4, 0.5) is 5.69 Å². The Morgan fingerprint density at radius 2 is 1.26 bits per heavy atom. The molecule has 1 aromatic heterocycles. The Labute approximate surface area is 492 Å². The predicted octanol–water partition coefficient (Wildman–Crippen LogP) is -1.48. The largest absolute Gasteiger partial charge is 0.370 e. The van der Waals surface area contributed by atoms with Crippen LogP contribution < -0.4 is 43.0 Å². The molecule has 2 aromatic carbocycles. The molecule has 2 heterocycles. The summed E-state index contributed by atoms with van der Waals surface area (Å²) >= 11 is 0. The number of H-pyrrole nitrogens is 1. The fourth-order valence-corrected chi connectivity index (χ4v) is 10.7. The van der Waals surface area contributed by atoms with Crippen molar-refractivity contribution in [2.24, 2.45) is 11.7 Å². The van der Waals surface area contributed by atoms with Crippen molar-refractivity contribution in [2.75, 3.05) is 58.2 Å². The summed E-state index contributed by atoms with van der Waals surface area (Å²) in [5, 5.41) is 55.9. The molecule has 1 aliphatic heterocycles. The van der Waals surface area contributed by atoms with Gasteiger partial charge in [0, 0.05) is 85.4 Å². The first-order chi connectivity index (χ1) is 40.9. The molecule has 1 aliphatic carbocycles. The summed E-state index contributed by atoms with van der Waals surface area (Å²) in [7, 11) is 1.42. The number of amides is 8. The minimum absolute atomic E-state index is 0.0311. The lowest BCUT2D eigenvalue weighted by Crippen LogP contribution is -2.63. The zero-order valence-electron chi connectivity index (χ0n) is 47.8. The van der Waals surface area contributed by atoms with E-state index in [1.807, 2.05) is 0 Å². The van der Waals surface area contributed by atoms with Gasteiger partial charge in [-0.1, -0.05) is 44.9 Å². The van der Waals surface area contributed by atoms with E-state index in [4.69, 9.17) is 5.73 Å². The number of para-hydroxylation sites is 1. The number of nitrogens with zero attached hydrogens (tertiary/aromatic N) is 3. The number of fused-ring (bicyclic) bond motifs is 2. The molecule has 470 valence electrons. The van der Waals surface area contributed by atoms with Crippen LogP contribution in [0.25, 0.3) is 10.9 Å². The molecule has 2 aliphatic rings. The fraction of sp³-hybridized carbons (Fsp3) is 0.519. The third-order valence-corrected chi connectivity index (χ3v) is 15.0. The summed E-state index contributed by atoms with van der Waals surface area (Å²) < 4.78 is 0. The minimum Gasteiger partial charge on any atom is -0.370 e. The smallest absolute Gasteiger partial charge is 0.355 e. The molecule has 6 atom stereocenters. The topological polar surface area (TPSA) is 458 Å². The molecule has 0 spiro atoms. The fourth-order valence-electron chi connectivity index (χ4n) is 10.7. The second-order valence-electron chi connectivity index (χ2n) is 21.3. The molecule has 32 nitrogen and oxygen atoms in total. The maximum atomic E-state index is 14.1. The van der Waals surface area contributed by atoms with Crippen LogP contribution in [0.5, 0.6) is 0 Å². The van der Waals surface area contributed by atoms with E-state index in [9.17, 15) is 78.6 Å². The van der Waals surface area contributed by atoms with Gasteiger partial charge in [0.1, 0.15) is 50.3 Å². The lowest BCUT2D eigenvalue weighted by molar-refractivity contribution is -0.242. The van der Waals surface area contributed by atoms with E-state index in [1.165, 1.54) is 38.2 Å². The van der Waals surface area contributed by atoms with Crippen LogP contribution in [0.15, 0.2) is 54.7 Å². The molecular formula is C54H74N12O20. The maximum Gasteiger partial charge on any atom is 0.355 e. The number of carbonyl (C=O) groups is 12. The zero-order valence-corrected chi connectivity index (χ0v) is 47.8. The lowest BCUT2D eigenvalue weighted by atomic mass is 9.88. The van der Waals surface area contributed by atoms with Crippen molar-refractivity contribution >= 4 is 87.7 Å². The number of hydrogen-bond acceptors (Lipinski definition) is 23. The van der Waals surface area contributed by atoms with Gasteiger partial charge in [-0.2, -0.15) is 21.0 Å². The van der Waals surface area contributed by atoms with Crippen molar-refractivity contribution < 1.29 is 98.1 Å². The number of anilines is 1. The van der Waals surface area contributed by atoms with Crippen LogP contribution >= 0.6 is 0 Å². The molecule has 5 rings (SSSR count). The van der Waals surface area contributed by atoms with Crippen molar-refractivity contribution in [3.8, 4) is 0 Å². The highest BCUT2D eigenvalue weighted by Crippen LogP contribution is 2.37. The van der Waals surface area contributed by atoms with Crippen molar-refractivity contribution in [2.45, 2.75) is 120 Å². The van der Waals surface area contributed by atoms with Gasteiger partial charge in [-0.3, -0.25) is 72.6 Å². The van der Waals surface area contributed by atoms with Crippen LogP contribution in [0.1, 0.15) is 88.1 Å². The monoisotopic (exact) mass is 1210 g/mol. The second kappa shape index (κ2) is 32.6. The average Bonchev–Trinajstić information content (AvgIpc) is 3.01. The number of likely N-dealkylation sites (N-methyl/N-ethyl adjacent to an activating group) is 1. The quantitative estimate of drug-likeness (QED) is 0.0206. The normalized spacial score (nSPS) is 17.2. The molecule has 8 amide bonds. The lowest BCUT2D eigenvalue weighted by Gasteiger charge is -2.45. The maximum absolute atomic E-state index is 14.1. The summed E-state index contributed by atoms with van der Waals surface area (Å²) in [6.07, 6.45) is 2.18. The van der Waals surface area contributed by atoms with Gasteiger partial charge in [-0.15, -0.1) is 0 Å². The Balaban J connectivity index is 1.29. The predicted molar refractivity (Wildman–Crippen MR) is 298 cm³/mol. The van der Waals surface area contributed by atoms with Crippen LogP contribution in [0.3, 0.4) is 0 Å². The Kier molecular flexibility index (Phi) is 25.8. The van der Waals surface area contributed by atoms with E-state index in [0.717, 1.165) is 15.8 Å². The molecule has 14 N–H and O–H groups in total. The van der Waals surface area contributed by atoms with Gasteiger partial charge in [0.2, 0.25) is 41.4 Å². The number of carbonyl (C=O) groups excluding carboxylic acids is 12. The average molecular weight is 1210 g/mol. The number of aromatic nitrogens is 1. The second-order valence-corrected chi connectivity index (χ2v) is 21.3. The molecule has 0 bridgehead atoms. The summed E-state index contributed by atoms with van der Waals surface area (Å²) in [5.41, 5.74) is 5.19. The van der Waals surface area contributed by atoms with Gasteiger partial charge in [-0.05, 0) is 74.4 Å². The Morgan fingerprint density at radius 3 is 1.80 bits per heavy atom. The zero-order chi connectivity index (χ0) is 63.3. The van der Waals surface area contributed by atoms with Crippen LogP contribution in [0.2, 0.25) is 0 Å².